The summed E-state index contributed by atoms with van der Waals surface area (Å²) in [5.74, 6) is 1.19. The van der Waals surface area contributed by atoms with Crippen molar-refractivity contribution in [3.8, 4) is 17.2 Å². The van der Waals surface area contributed by atoms with Crippen LogP contribution in [-0.4, -0.2) is 52.0 Å². The second-order valence-corrected chi connectivity index (χ2v) is 9.16. The van der Waals surface area contributed by atoms with Gasteiger partial charge in [-0.1, -0.05) is 0 Å². The van der Waals surface area contributed by atoms with Crippen LogP contribution in [0.1, 0.15) is 12.8 Å². The number of sulfonamides is 1. The number of piperidine rings is 1. The molecule has 30 heavy (non-hydrogen) atoms. The van der Waals surface area contributed by atoms with Crippen molar-refractivity contribution in [2.75, 3.05) is 38.7 Å². The molecule has 0 aliphatic carbocycles. The third-order valence-corrected chi connectivity index (χ3v) is 7.14. The number of rotatable bonds is 5. The molecule has 160 valence electrons. The molecule has 1 N–H and O–H groups in total. The minimum atomic E-state index is -3.68. The van der Waals surface area contributed by atoms with Gasteiger partial charge in [-0.2, -0.15) is 4.31 Å². The van der Waals surface area contributed by atoms with Gasteiger partial charge < -0.3 is 19.5 Å². The fourth-order valence-electron chi connectivity index (χ4n) is 3.64. The van der Waals surface area contributed by atoms with E-state index in [0.717, 1.165) is 0 Å². The lowest BCUT2D eigenvalue weighted by Gasteiger charge is -2.31. The van der Waals surface area contributed by atoms with Gasteiger partial charge in [0.25, 0.3) is 0 Å². The zero-order valence-electron chi connectivity index (χ0n) is 16.7. The molecule has 2 aliphatic rings. The third kappa shape index (κ3) is 4.22. The molecule has 2 aliphatic heterocycles. The summed E-state index contributed by atoms with van der Waals surface area (Å²) in [6.45, 7) is 1.50. The van der Waals surface area contributed by atoms with Gasteiger partial charge >= 0.3 is 0 Å². The minimum Gasteiger partial charge on any atom is -0.497 e. The van der Waals surface area contributed by atoms with Gasteiger partial charge in [0.05, 0.1) is 17.9 Å². The molecular weight excluding hydrogens is 408 g/mol. The Bertz CT molecular complexity index is 1020. The van der Waals surface area contributed by atoms with Crippen LogP contribution in [0.3, 0.4) is 0 Å². The van der Waals surface area contributed by atoms with Crippen LogP contribution in [0.25, 0.3) is 0 Å². The summed E-state index contributed by atoms with van der Waals surface area (Å²) in [5, 5.41) is 2.88. The van der Waals surface area contributed by atoms with Crippen molar-refractivity contribution in [2.45, 2.75) is 17.7 Å². The Morgan fingerprint density at radius 1 is 1.10 bits per heavy atom. The largest absolute Gasteiger partial charge is 0.497 e. The number of nitrogens with one attached hydrogen (secondary N) is 1. The topological polar surface area (TPSA) is 94.2 Å². The van der Waals surface area contributed by atoms with Crippen molar-refractivity contribution in [3.05, 3.63) is 42.5 Å². The Morgan fingerprint density at radius 3 is 2.57 bits per heavy atom. The molecule has 2 aromatic rings. The Labute approximate surface area is 175 Å². The van der Waals surface area contributed by atoms with Gasteiger partial charge in [-0.05, 0) is 49.2 Å². The molecule has 1 saturated heterocycles. The number of carbonyl (C=O) groups is 1. The maximum atomic E-state index is 13.0. The van der Waals surface area contributed by atoms with Crippen molar-refractivity contribution in [1.29, 1.82) is 0 Å². The summed E-state index contributed by atoms with van der Waals surface area (Å²) in [5.41, 5.74) is 0.597. The summed E-state index contributed by atoms with van der Waals surface area (Å²) in [6, 6.07) is 11.5. The van der Waals surface area contributed by atoms with Gasteiger partial charge in [0.2, 0.25) is 15.9 Å². The number of amides is 1. The van der Waals surface area contributed by atoms with Crippen LogP contribution in [0.5, 0.6) is 17.2 Å². The van der Waals surface area contributed by atoms with E-state index in [1.54, 1.807) is 30.3 Å². The second kappa shape index (κ2) is 8.53. The van der Waals surface area contributed by atoms with E-state index in [1.807, 2.05) is 0 Å². The van der Waals surface area contributed by atoms with Crippen LogP contribution in [0, 0.1) is 5.92 Å². The van der Waals surface area contributed by atoms with Crippen LogP contribution >= 0.6 is 0 Å². The van der Waals surface area contributed by atoms with Crippen molar-refractivity contribution in [3.63, 3.8) is 0 Å². The summed E-state index contributed by atoms with van der Waals surface area (Å²) in [6.07, 6.45) is 1.25. The number of methoxy groups -OCH3 is 1. The van der Waals surface area contributed by atoms with Crippen molar-refractivity contribution in [1.82, 2.24) is 4.31 Å². The molecule has 9 heteroatoms. The fraction of sp³-hybridized carbons (Fsp3) is 0.381. The number of anilines is 1. The molecule has 0 aromatic heterocycles. The number of fused-ring (bicyclic) bond motifs is 1. The molecule has 0 spiro atoms. The first-order chi connectivity index (χ1) is 14.5. The maximum absolute atomic E-state index is 13.0. The van der Waals surface area contributed by atoms with Gasteiger partial charge in [0.1, 0.15) is 19.0 Å². The van der Waals surface area contributed by atoms with E-state index in [0.29, 0.717) is 55.5 Å². The Hall–Kier alpha value is -2.78. The minimum absolute atomic E-state index is 0.144. The van der Waals surface area contributed by atoms with E-state index in [2.05, 4.69) is 5.32 Å². The molecule has 0 saturated carbocycles. The Kier molecular flexibility index (Phi) is 5.83. The first-order valence-corrected chi connectivity index (χ1v) is 11.3. The third-order valence-electron chi connectivity index (χ3n) is 5.26. The highest BCUT2D eigenvalue weighted by Gasteiger charge is 2.33. The first-order valence-electron chi connectivity index (χ1n) is 9.82. The van der Waals surface area contributed by atoms with Crippen LogP contribution < -0.4 is 19.5 Å². The first kappa shape index (κ1) is 20.5. The number of hydrogen-bond donors (Lipinski definition) is 1. The van der Waals surface area contributed by atoms with Gasteiger partial charge in [0, 0.05) is 24.8 Å². The zero-order chi connectivity index (χ0) is 21.1. The molecule has 0 radical (unpaired) electrons. The predicted octanol–water partition coefficient (Wildman–Crippen LogP) is 2.51. The fourth-order valence-corrected chi connectivity index (χ4v) is 5.16. The number of carbonyl (C=O) groups excluding carboxylic acids is 1. The van der Waals surface area contributed by atoms with Crippen LogP contribution in [0.15, 0.2) is 47.4 Å². The smallest absolute Gasteiger partial charge is 0.243 e. The SMILES string of the molecule is COc1ccc(S(=O)(=O)N2CCC[C@@H](C(=O)Nc3ccc4c(c3)OCCO4)C2)cc1. The number of benzene rings is 2. The molecular formula is C21H24N2O6S. The molecule has 1 amide bonds. The molecule has 1 atom stereocenters. The highest BCUT2D eigenvalue weighted by atomic mass is 32.2. The van der Waals surface area contributed by atoms with E-state index in [-0.39, 0.29) is 17.3 Å². The quantitative estimate of drug-likeness (QED) is 0.780. The van der Waals surface area contributed by atoms with E-state index < -0.39 is 15.9 Å². The molecule has 0 unspecified atom stereocenters. The van der Waals surface area contributed by atoms with Gasteiger partial charge in [-0.15, -0.1) is 0 Å². The van der Waals surface area contributed by atoms with E-state index >= 15 is 0 Å². The molecule has 2 heterocycles. The monoisotopic (exact) mass is 432 g/mol. The molecule has 0 bridgehead atoms. The molecule has 4 rings (SSSR count). The Balaban J connectivity index is 1.44. The highest BCUT2D eigenvalue weighted by Crippen LogP contribution is 2.33. The lowest BCUT2D eigenvalue weighted by molar-refractivity contribution is -0.120. The van der Waals surface area contributed by atoms with Crippen LogP contribution in [0.4, 0.5) is 5.69 Å². The molecule has 1 fully saturated rings. The molecule has 8 nitrogen and oxygen atoms in total. The predicted molar refractivity (Wildman–Crippen MR) is 111 cm³/mol. The molecule has 2 aromatic carbocycles. The summed E-state index contributed by atoms with van der Waals surface area (Å²) < 4.78 is 43.5. The number of ether oxygens (including phenoxy) is 3. The lowest BCUT2D eigenvalue weighted by Crippen LogP contribution is -2.43. The van der Waals surface area contributed by atoms with Crippen LogP contribution in [0.2, 0.25) is 0 Å². The van der Waals surface area contributed by atoms with Crippen molar-refractivity contribution >= 4 is 21.6 Å². The normalized spacial score (nSPS) is 19.2. The average molecular weight is 432 g/mol. The average Bonchev–Trinajstić information content (AvgIpc) is 2.79. The van der Waals surface area contributed by atoms with Gasteiger partial charge in [0.15, 0.2) is 11.5 Å². The maximum Gasteiger partial charge on any atom is 0.243 e. The van der Waals surface area contributed by atoms with Crippen molar-refractivity contribution < 1.29 is 27.4 Å². The Morgan fingerprint density at radius 2 is 1.83 bits per heavy atom. The zero-order valence-corrected chi connectivity index (χ0v) is 17.5. The second-order valence-electron chi connectivity index (χ2n) is 7.23. The number of nitrogens with zero attached hydrogens (tertiary/aromatic N) is 1. The van der Waals surface area contributed by atoms with Gasteiger partial charge in [-0.3, -0.25) is 4.79 Å². The number of hydrogen-bond acceptors (Lipinski definition) is 6. The van der Waals surface area contributed by atoms with E-state index in [1.165, 1.54) is 23.5 Å². The van der Waals surface area contributed by atoms with E-state index in [4.69, 9.17) is 14.2 Å². The summed E-state index contributed by atoms with van der Waals surface area (Å²) >= 11 is 0. The lowest BCUT2D eigenvalue weighted by atomic mass is 9.98. The summed E-state index contributed by atoms with van der Waals surface area (Å²) in [4.78, 5) is 13.0. The standard InChI is InChI=1S/C21H24N2O6S/c1-27-17-5-7-18(8-6-17)30(25,26)23-10-2-3-15(14-23)21(24)22-16-4-9-19-20(13-16)29-12-11-28-19/h4-9,13,15H,2-3,10-12,14H2,1H3,(H,22,24)/t15-/m1/s1. The summed E-state index contributed by atoms with van der Waals surface area (Å²) in [7, 11) is -2.15. The van der Waals surface area contributed by atoms with Gasteiger partial charge in [-0.25, -0.2) is 8.42 Å². The van der Waals surface area contributed by atoms with Crippen LogP contribution in [-0.2, 0) is 14.8 Å². The van der Waals surface area contributed by atoms with E-state index in [9.17, 15) is 13.2 Å². The van der Waals surface area contributed by atoms with Crippen molar-refractivity contribution in [2.24, 2.45) is 5.92 Å². The highest BCUT2D eigenvalue weighted by molar-refractivity contribution is 7.89.